The first-order chi connectivity index (χ1) is 17.5. The highest BCUT2D eigenvalue weighted by molar-refractivity contribution is 7.99. The van der Waals surface area contributed by atoms with Crippen LogP contribution in [0.15, 0.2) is 4.99 Å². The number of nitrogens with one attached hydrogen (secondary N) is 2. The number of carbonyl (C=O) groups is 4. The van der Waals surface area contributed by atoms with Gasteiger partial charge in [0.15, 0.2) is 5.96 Å². The summed E-state index contributed by atoms with van der Waals surface area (Å²) in [4.78, 5) is 46.2. The van der Waals surface area contributed by atoms with Crippen molar-refractivity contribution >= 4 is 41.6 Å². The molecule has 222 valence electrons. The smallest absolute Gasteiger partial charge is 0.473 e. The molecule has 0 aromatic carbocycles. The van der Waals surface area contributed by atoms with Crippen molar-refractivity contribution in [2.75, 3.05) is 18.1 Å². The Morgan fingerprint density at radius 1 is 1.05 bits per heavy atom. The van der Waals surface area contributed by atoms with Gasteiger partial charge in [-0.25, -0.2) is 9.59 Å². The van der Waals surface area contributed by atoms with Crippen LogP contribution in [-0.4, -0.2) is 70.8 Å². The Hall–Kier alpha value is -2.71. The molecule has 0 unspecified atom stereocenters. The lowest BCUT2D eigenvalue weighted by molar-refractivity contribution is -0.169. The van der Waals surface area contributed by atoms with Crippen LogP contribution in [0.3, 0.4) is 0 Å². The van der Waals surface area contributed by atoms with Gasteiger partial charge in [0, 0.05) is 13.0 Å². The molecule has 3 amide bonds. The fraction of sp³-hybridized carbons (Fsp3) is 0.783. The first-order valence-corrected chi connectivity index (χ1v) is 13.4. The van der Waals surface area contributed by atoms with Gasteiger partial charge in [-0.15, -0.1) is 0 Å². The van der Waals surface area contributed by atoms with Crippen LogP contribution in [0.4, 0.5) is 18.0 Å². The number of hydrogen-bond acceptors (Lipinski definition) is 6. The predicted octanol–water partition coefficient (Wildman–Crippen LogP) is 3.30. The molecule has 1 heterocycles. The van der Waals surface area contributed by atoms with Crippen molar-refractivity contribution in [3.63, 3.8) is 0 Å². The number of carboxylic acid groups (broad SMARTS) is 1. The molecule has 1 rings (SSSR count). The number of aliphatic carboxylic acids is 1. The van der Waals surface area contributed by atoms with E-state index >= 15 is 0 Å². The molecular weight excluding hydrogens is 531 g/mol. The first-order valence-electron chi connectivity index (χ1n) is 12.3. The van der Waals surface area contributed by atoms with Crippen molar-refractivity contribution in [1.29, 1.82) is 0 Å². The maximum absolute atomic E-state index is 11.6. The van der Waals surface area contributed by atoms with Gasteiger partial charge in [0.25, 0.3) is 0 Å². The number of aliphatic imine (C=N–C) groups is 1. The maximum Gasteiger partial charge on any atom is 0.473 e. The summed E-state index contributed by atoms with van der Waals surface area (Å²) in [5, 5.41) is 14.3. The number of rotatable bonds is 10. The molecule has 15 heteroatoms. The fourth-order valence-electron chi connectivity index (χ4n) is 2.53. The maximum atomic E-state index is 11.6. The van der Waals surface area contributed by atoms with Crippen molar-refractivity contribution in [2.24, 2.45) is 16.5 Å². The topological polar surface area (TPSA) is 186 Å². The minimum Gasteiger partial charge on any atom is -0.480 e. The lowest BCUT2D eigenvalue weighted by Crippen LogP contribution is -2.43. The molecule has 0 aliphatic carbocycles. The minimum absolute atomic E-state index is 0.0218. The van der Waals surface area contributed by atoms with Crippen LogP contribution in [0, 0.1) is 0 Å². The highest BCUT2D eigenvalue weighted by Crippen LogP contribution is 2.16. The van der Waals surface area contributed by atoms with Gasteiger partial charge in [-0.1, -0.05) is 13.3 Å². The van der Waals surface area contributed by atoms with Gasteiger partial charge in [-0.3, -0.25) is 9.59 Å². The molecule has 0 aromatic rings. The van der Waals surface area contributed by atoms with E-state index < -0.39 is 41.7 Å². The second kappa shape index (κ2) is 20.3. The van der Waals surface area contributed by atoms with Gasteiger partial charge in [-0.2, -0.15) is 29.9 Å². The van der Waals surface area contributed by atoms with E-state index in [9.17, 15) is 32.3 Å². The number of nitrogens with zero attached hydrogens (tertiary/aromatic N) is 1. The highest BCUT2D eigenvalue weighted by Gasteiger charge is 2.38. The Labute approximate surface area is 226 Å². The largest absolute Gasteiger partial charge is 0.480 e. The Balaban J connectivity index is 0. The van der Waals surface area contributed by atoms with E-state index in [1.165, 1.54) is 24.3 Å². The summed E-state index contributed by atoms with van der Waals surface area (Å²) < 4.78 is 38.8. The summed E-state index contributed by atoms with van der Waals surface area (Å²) in [5.74, 6) is -1.44. The number of nitrogens with two attached hydrogens (primary N) is 2. The molecule has 1 atom stereocenters. The lowest BCUT2D eigenvalue weighted by atomic mass is 10.1. The zero-order valence-corrected chi connectivity index (χ0v) is 23.3. The van der Waals surface area contributed by atoms with Crippen molar-refractivity contribution in [3.05, 3.63) is 0 Å². The summed E-state index contributed by atoms with van der Waals surface area (Å²) in [5.41, 5.74) is 8.32. The summed E-state index contributed by atoms with van der Waals surface area (Å²) >= 11 is 2.07. The third kappa shape index (κ3) is 25.0. The number of hydrogen-bond donors (Lipinski definition) is 5. The van der Waals surface area contributed by atoms with Crippen LogP contribution >= 0.6 is 11.8 Å². The van der Waals surface area contributed by atoms with Crippen LogP contribution in [0.25, 0.3) is 0 Å². The number of carboxylic acids is 1. The Bertz CT molecular complexity index is 745. The Morgan fingerprint density at radius 2 is 1.63 bits per heavy atom. The molecule has 11 nitrogen and oxygen atoms in total. The van der Waals surface area contributed by atoms with E-state index in [0.717, 1.165) is 12.8 Å². The van der Waals surface area contributed by atoms with Gasteiger partial charge in [-0.05, 0) is 70.8 Å². The number of thioether (sulfide) groups is 1. The quantitative estimate of drug-likeness (QED) is 0.148. The molecular formula is C23H42F3N5O6S. The second-order valence-electron chi connectivity index (χ2n) is 9.15. The molecule has 0 aromatic heterocycles. The molecule has 7 N–H and O–H groups in total. The van der Waals surface area contributed by atoms with E-state index in [4.69, 9.17) is 9.84 Å². The number of halogens is 3. The van der Waals surface area contributed by atoms with Crippen LogP contribution in [0.5, 0.6) is 0 Å². The lowest BCUT2D eigenvalue weighted by Gasteiger charge is -2.22. The van der Waals surface area contributed by atoms with Gasteiger partial charge < -0.3 is 31.9 Å². The third-order valence-electron chi connectivity index (χ3n) is 4.29. The van der Waals surface area contributed by atoms with Crippen molar-refractivity contribution in [1.82, 2.24) is 10.6 Å². The van der Waals surface area contributed by atoms with E-state index in [0.29, 0.717) is 32.2 Å². The molecule has 1 aliphatic heterocycles. The Kier molecular flexibility index (Phi) is 20.0. The molecule has 1 fully saturated rings. The van der Waals surface area contributed by atoms with Gasteiger partial charge >= 0.3 is 24.1 Å². The average Bonchev–Trinajstić information content (AvgIpc) is 3.35. The molecule has 0 bridgehead atoms. The fourth-order valence-corrected chi connectivity index (χ4v) is 3.55. The van der Waals surface area contributed by atoms with Crippen molar-refractivity contribution < 1.29 is 42.2 Å². The summed E-state index contributed by atoms with van der Waals surface area (Å²) in [6.45, 7) is 7.68. The van der Waals surface area contributed by atoms with Gasteiger partial charge in [0.05, 0.1) is 0 Å². The molecule has 38 heavy (non-hydrogen) atoms. The average molecular weight is 574 g/mol. The number of unbranched alkanes of at least 4 members (excludes halogenated alkanes) is 2. The zero-order chi connectivity index (χ0) is 29.8. The summed E-state index contributed by atoms with van der Waals surface area (Å²) in [7, 11) is 0. The minimum atomic E-state index is -5.00. The zero-order valence-electron chi connectivity index (χ0n) is 22.5. The molecule has 0 spiro atoms. The van der Waals surface area contributed by atoms with Crippen LogP contribution in [0.1, 0.15) is 79.1 Å². The number of ether oxygens (including phenoxy) is 1. The van der Waals surface area contributed by atoms with Crippen LogP contribution in [0.2, 0.25) is 0 Å². The highest BCUT2D eigenvalue weighted by atomic mass is 32.2. The van der Waals surface area contributed by atoms with Gasteiger partial charge in [0.2, 0.25) is 5.91 Å². The van der Waals surface area contributed by atoms with Crippen LogP contribution < -0.4 is 22.1 Å². The molecule has 1 saturated heterocycles. The molecule has 0 saturated carbocycles. The molecule has 0 radical (unpaired) electrons. The number of alkyl carbamates (subject to hydrolysis) is 1. The van der Waals surface area contributed by atoms with Crippen LogP contribution in [-0.2, 0) is 19.1 Å². The van der Waals surface area contributed by atoms with Crippen molar-refractivity contribution in [3.8, 4) is 0 Å². The monoisotopic (exact) mass is 573 g/mol. The van der Waals surface area contributed by atoms with Gasteiger partial charge in [0.1, 0.15) is 11.6 Å². The second-order valence-corrected chi connectivity index (χ2v) is 10.4. The summed E-state index contributed by atoms with van der Waals surface area (Å²) in [6.07, 6.45) is 1.10. The number of alkyl halides is 3. The van der Waals surface area contributed by atoms with E-state index in [1.54, 1.807) is 20.8 Å². The van der Waals surface area contributed by atoms with E-state index in [2.05, 4.69) is 38.9 Å². The number of carbonyl (C=O) groups excluding carboxylic acids is 3. The van der Waals surface area contributed by atoms with E-state index in [-0.39, 0.29) is 5.91 Å². The standard InChI is InChI=1S/C16H30N2O5.C4H8S.C3H4F3N3O/c1-5-6-10-13(19)17-11-8-7-9-12(14(20)21)18-15(22)23-16(2,3)4;1-2-4-5-3-1;4-3(5,6)1(10)9-2(7)8/h12H,5-11H2,1-4H3,(H,17,19)(H,18,22)(H,20,21);1-4H2;(H4,7,8,9,10)/t12-;;/m0../s1. The van der Waals surface area contributed by atoms with E-state index in [1.807, 2.05) is 6.92 Å². The van der Waals surface area contributed by atoms with Crippen molar-refractivity contribution in [2.45, 2.75) is 96.9 Å². The summed E-state index contributed by atoms with van der Waals surface area (Å²) in [6, 6.07) is -0.986. The number of guanidine groups is 1. The Morgan fingerprint density at radius 3 is 2.00 bits per heavy atom. The third-order valence-corrected chi connectivity index (χ3v) is 5.44. The predicted molar refractivity (Wildman–Crippen MR) is 141 cm³/mol. The SMILES string of the molecule is C1CCSC1.CCCCC(=O)NCCCC[C@H](NC(=O)OC(C)(C)C)C(=O)O.NC(N)=NC(=O)C(F)(F)F. The molecule has 1 aliphatic rings. The first kappa shape index (κ1) is 37.4. The number of amides is 3. The normalized spacial score (nSPS) is 13.4.